The molecule has 1 amide bonds. The van der Waals surface area contributed by atoms with E-state index in [9.17, 15) is 22.4 Å². The second-order valence-corrected chi connectivity index (χ2v) is 11.3. The number of hydrogen-bond acceptors (Lipinski definition) is 6. The summed E-state index contributed by atoms with van der Waals surface area (Å²) in [6.07, 6.45) is 3.50. The number of fused-ring (bicyclic) bond motifs is 1. The van der Waals surface area contributed by atoms with Gasteiger partial charge in [-0.05, 0) is 29.7 Å². The summed E-state index contributed by atoms with van der Waals surface area (Å²) in [5.41, 5.74) is 3.91. The highest BCUT2D eigenvalue weighted by atomic mass is 32.2. The molecule has 2 atom stereocenters. The van der Waals surface area contributed by atoms with Gasteiger partial charge in [0.1, 0.15) is 12.0 Å². The number of Topliss-reactive ketones (excluding diaryl/α,β-unsaturated/α-hetero) is 1. The van der Waals surface area contributed by atoms with E-state index in [0.29, 0.717) is 28.9 Å². The minimum Gasteiger partial charge on any atom is -0.356 e. The van der Waals surface area contributed by atoms with Gasteiger partial charge in [-0.25, -0.2) is 22.8 Å². The monoisotopic (exact) mass is 534 g/mol. The van der Waals surface area contributed by atoms with Gasteiger partial charge in [0.15, 0.2) is 10.8 Å². The van der Waals surface area contributed by atoms with Crippen LogP contribution in [0.15, 0.2) is 66.2 Å². The molecule has 0 unspecified atom stereocenters. The number of halogens is 1. The SMILES string of the molecule is O=C1CN(S(=O)(=O)c2cnc[nH]2)Cc2[nH]c(-c3ccnc(NC(=O)[C@@H]4C[C@@H]4F)c3)c(Cc3ccccc3)c21. The highest BCUT2D eigenvalue weighted by Gasteiger charge is 2.44. The summed E-state index contributed by atoms with van der Waals surface area (Å²) in [4.78, 5) is 39.6. The van der Waals surface area contributed by atoms with Gasteiger partial charge in [0.05, 0.1) is 37.2 Å². The third kappa shape index (κ3) is 4.41. The molecule has 1 aliphatic carbocycles. The van der Waals surface area contributed by atoms with Crippen molar-refractivity contribution in [2.75, 3.05) is 11.9 Å². The largest absolute Gasteiger partial charge is 0.356 e. The van der Waals surface area contributed by atoms with Crippen molar-refractivity contribution in [3.05, 3.63) is 83.6 Å². The summed E-state index contributed by atoms with van der Waals surface area (Å²) in [5, 5.41) is 2.57. The summed E-state index contributed by atoms with van der Waals surface area (Å²) < 4.78 is 40.6. The minimum absolute atomic E-state index is 0.0293. The summed E-state index contributed by atoms with van der Waals surface area (Å²) in [7, 11) is -3.96. The molecule has 1 fully saturated rings. The zero-order valence-corrected chi connectivity index (χ0v) is 20.8. The van der Waals surface area contributed by atoms with Crippen LogP contribution in [0.25, 0.3) is 11.3 Å². The summed E-state index contributed by atoms with van der Waals surface area (Å²) in [6, 6.07) is 13.0. The zero-order chi connectivity index (χ0) is 26.4. The van der Waals surface area contributed by atoms with Gasteiger partial charge >= 0.3 is 0 Å². The van der Waals surface area contributed by atoms with Gasteiger partial charge in [-0.15, -0.1) is 0 Å². The number of alkyl halides is 1. The molecule has 1 aromatic carbocycles. The number of rotatable bonds is 7. The van der Waals surface area contributed by atoms with Crippen molar-refractivity contribution in [3.63, 3.8) is 0 Å². The maximum Gasteiger partial charge on any atom is 0.260 e. The van der Waals surface area contributed by atoms with Crippen molar-refractivity contribution in [3.8, 4) is 11.3 Å². The number of carbonyl (C=O) groups is 2. The van der Waals surface area contributed by atoms with Crippen molar-refractivity contribution in [1.29, 1.82) is 0 Å². The molecule has 194 valence electrons. The quantitative estimate of drug-likeness (QED) is 0.333. The molecule has 0 bridgehead atoms. The number of pyridine rings is 1. The number of H-pyrrole nitrogens is 2. The van der Waals surface area contributed by atoms with E-state index in [1.54, 1.807) is 12.1 Å². The Morgan fingerprint density at radius 1 is 1.18 bits per heavy atom. The third-order valence-corrected chi connectivity index (χ3v) is 8.50. The van der Waals surface area contributed by atoms with Crippen LogP contribution in [0, 0.1) is 5.92 Å². The lowest BCUT2D eigenvalue weighted by Gasteiger charge is -2.25. The van der Waals surface area contributed by atoms with Gasteiger partial charge in [-0.2, -0.15) is 4.31 Å². The molecule has 0 spiro atoms. The van der Waals surface area contributed by atoms with Crippen LogP contribution < -0.4 is 5.32 Å². The van der Waals surface area contributed by atoms with E-state index in [0.717, 1.165) is 15.4 Å². The van der Waals surface area contributed by atoms with Gasteiger partial charge < -0.3 is 15.3 Å². The minimum atomic E-state index is -3.96. The Balaban J connectivity index is 1.40. The molecule has 3 N–H and O–H groups in total. The number of nitrogens with zero attached hydrogens (tertiary/aromatic N) is 3. The Kier molecular flexibility index (Phi) is 5.92. The number of carbonyl (C=O) groups excluding carboxylic acids is 2. The van der Waals surface area contributed by atoms with Crippen LogP contribution in [0.1, 0.15) is 33.6 Å². The number of imidazole rings is 1. The number of aromatic nitrogens is 4. The van der Waals surface area contributed by atoms with Crippen LogP contribution in [-0.2, 0) is 27.8 Å². The van der Waals surface area contributed by atoms with Crippen LogP contribution in [0.5, 0.6) is 0 Å². The Bertz CT molecular complexity index is 1640. The molecular weight excluding hydrogens is 511 g/mol. The number of benzene rings is 1. The van der Waals surface area contributed by atoms with E-state index >= 15 is 0 Å². The molecule has 1 saturated carbocycles. The summed E-state index contributed by atoms with van der Waals surface area (Å²) >= 11 is 0. The fourth-order valence-corrected chi connectivity index (χ4v) is 6.01. The van der Waals surface area contributed by atoms with Crippen molar-refractivity contribution < 1.29 is 22.4 Å². The first kappa shape index (κ1) is 24.2. The lowest BCUT2D eigenvalue weighted by atomic mass is 9.94. The van der Waals surface area contributed by atoms with Gasteiger partial charge in [-0.3, -0.25) is 9.59 Å². The first-order valence-corrected chi connectivity index (χ1v) is 13.5. The van der Waals surface area contributed by atoms with Gasteiger partial charge in [0.2, 0.25) is 5.91 Å². The van der Waals surface area contributed by atoms with E-state index in [2.05, 4.69) is 25.3 Å². The molecule has 0 radical (unpaired) electrons. The molecule has 0 saturated heterocycles. The second-order valence-electron chi connectivity index (χ2n) is 9.38. The van der Waals surface area contributed by atoms with Crippen molar-refractivity contribution in [2.24, 2.45) is 5.92 Å². The molecule has 6 rings (SSSR count). The van der Waals surface area contributed by atoms with Crippen LogP contribution in [-0.4, -0.2) is 57.1 Å². The average Bonchev–Trinajstić information content (AvgIpc) is 3.28. The number of ketones is 1. The van der Waals surface area contributed by atoms with E-state index in [1.807, 2.05) is 30.3 Å². The lowest BCUT2D eigenvalue weighted by Crippen LogP contribution is -2.39. The molecule has 12 heteroatoms. The highest BCUT2D eigenvalue weighted by Crippen LogP contribution is 2.37. The number of aromatic amines is 2. The Morgan fingerprint density at radius 2 is 1.97 bits per heavy atom. The lowest BCUT2D eigenvalue weighted by molar-refractivity contribution is -0.117. The Labute approximate surface area is 217 Å². The standard InChI is InChI=1S/C26H23FN6O4S/c27-19-10-17(19)26(35)32-22-9-16(6-7-29-22)25-18(8-15-4-2-1-3-5-15)24-20(31-25)12-33(13-21(24)34)38(36,37)23-11-28-14-30-23/h1-7,9,11,14,17,19,31H,8,10,12-13H2,(H,28,30)(H,29,32,35)/t17-,19+/m1/s1. The van der Waals surface area contributed by atoms with E-state index in [1.165, 1.54) is 18.7 Å². The molecular formula is C26H23FN6O4S. The summed E-state index contributed by atoms with van der Waals surface area (Å²) in [5.74, 6) is -1.15. The normalized spacial score (nSPS) is 19.2. The van der Waals surface area contributed by atoms with Gasteiger partial charge in [-0.1, -0.05) is 30.3 Å². The molecule has 3 aromatic heterocycles. The summed E-state index contributed by atoms with van der Waals surface area (Å²) in [6.45, 7) is -0.338. The Hall–Kier alpha value is -4.16. The molecule has 4 heterocycles. The molecule has 1 aliphatic heterocycles. The first-order chi connectivity index (χ1) is 18.3. The number of amides is 1. The number of sulfonamides is 1. The molecule has 2 aliphatic rings. The maximum absolute atomic E-state index is 13.4. The topological polar surface area (TPSA) is 141 Å². The number of hydrogen-bond donors (Lipinski definition) is 3. The van der Waals surface area contributed by atoms with Crippen LogP contribution in [0.3, 0.4) is 0 Å². The second kappa shape index (κ2) is 9.30. The predicted molar refractivity (Wildman–Crippen MR) is 135 cm³/mol. The highest BCUT2D eigenvalue weighted by molar-refractivity contribution is 7.89. The van der Waals surface area contributed by atoms with Crippen molar-refractivity contribution in [1.82, 2.24) is 24.2 Å². The fraction of sp³-hybridized carbons (Fsp3) is 0.231. The first-order valence-electron chi connectivity index (χ1n) is 12.0. The smallest absolute Gasteiger partial charge is 0.260 e. The molecule has 4 aromatic rings. The van der Waals surface area contributed by atoms with Crippen LogP contribution in [0.2, 0.25) is 0 Å². The zero-order valence-electron chi connectivity index (χ0n) is 20.0. The number of anilines is 1. The average molecular weight is 535 g/mol. The van der Waals surface area contributed by atoms with Crippen molar-refractivity contribution in [2.45, 2.75) is 30.6 Å². The number of nitrogens with one attached hydrogen (secondary N) is 3. The maximum atomic E-state index is 13.4. The van der Waals surface area contributed by atoms with Crippen LogP contribution >= 0.6 is 0 Å². The fourth-order valence-electron chi connectivity index (χ4n) is 4.75. The predicted octanol–water partition coefficient (Wildman–Crippen LogP) is 3.07. The van der Waals surface area contributed by atoms with Crippen LogP contribution in [0.4, 0.5) is 10.2 Å². The van der Waals surface area contributed by atoms with E-state index in [-0.39, 0.29) is 36.1 Å². The van der Waals surface area contributed by atoms with Gasteiger partial charge in [0, 0.05) is 29.4 Å². The van der Waals surface area contributed by atoms with Crippen molar-refractivity contribution >= 4 is 27.5 Å². The third-order valence-electron chi connectivity index (χ3n) is 6.78. The van der Waals surface area contributed by atoms with Gasteiger partial charge in [0.25, 0.3) is 10.0 Å². The Morgan fingerprint density at radius 3 is 2.68 bits per heavy atom. The van der Waals surface area contributed by atoms with E-state index in [4.69, 9.17) is 0 Å². The molecule has 38 heavy (non-hydrogen) atoms. The molecule has 10 nitrogen and oxygen atoms in total. The van der Waals surface area contributed by atoms with E-state index < -0.39 is 28.0 Å².